The van der Waals surface area contributed by atoms with Gasteiger partial charge in [0.1, 0.15) is 0 Å². The number of aliphatic hydroxyl groups is 1. The number of nitrogens with zero attached hydrogens (tertiary/aromatic N) is 2. The molecule has 0 atom stereocenters. The Morgan fingerprint density at radius 3 is 2.61 bits per heavy atom. The molecule has 0 spiro atoms. The molecule has 0 amide bonds. The van der Waals surface area contributed by atoms with Crippen molar-refractivity contribution in [1.29, 1.82) is 0 Å². The van der Waals surface area contributed by atoms with Crippen LogP contribution in [-0.2, 0) is 19.4 Å². The van der Waals surface area contributed by atoms with Gasteiger partial charge in [0.2, 0.25) is 0 Å². The minimum atomic E-state index is 0.177. The van der Waals surface area contributed by atoms with Crippen molar-refractivity contribution in [2.24, 2.45) is 0 Å². The van der Waals surface area contributed by atoms with Gasteiger partial charge in [-0.05, 0) is 42.5 Å². The minimum absolute atomic E-state index is 0.177. The topological polar surface area (TPSA) is 38.1 Å². The molecule has 3 nitrogen and oxygen atoms in total. The van der Waals surface area contributed by atoms with E-state index in [1.165, 1.54) is 5.56 Å². The van der Waals surface area contributed by atoms with Gasteiger partial charge in [-0.1, -0.05) is 23.7 Å². The van der Waals surface area contributed by atoms with E-state index in [4.69, 9.17) is 16.7 Å². The van der Waals surface area contributed by atoms with E-state index in [1.54, 1.807) is 0 Å². The van der Waals surface area contributed by atoms with Crippen LogP contribution in [0.25, 0.3) is 0 Å². The lowest BCUT2D eigenvalue weighted by Gasteiger charge is -2.02. The smallest absolute Gasteiger partial charge is 0.0522 e. The Kier molecular flexibility index (Phi) is 4.79. The molecule has 1 aromatic carbocycles. The highest BCUT2D eigenvalue weighted by molar-refractivity contribution is 6.30. The van der Waals surface area contributed by atoms with Gasteiger partial charge in [0.15, 0.2) is 0 Å². The van der Waals surface area contributed by atoms with Crippen LogP contribution in [0.5, 0.6) is 0 Å². The molecule has 2 aromatic rings. The van der Waals surface area contributed by atoms with E-state index in [2.05, 4.69) is 17.2 Å². The predicted octanol–water partition coefficient (Wildman–Crippen LogP) is 2.70. The zero-order chi connectivity index (χ0) is 12.8. The second-order valence-corrected chi connectivity index (χ2v) is 4.75. The van der Waals surface area contributed by atoms with Crippen LogP contribution in [0.3, 0.4) is 0 Å². The molecule has 0 aliphatic heterocycles. The van der Waals surface area contributed by atoms with Crippen molar-refractivity contribution in [3.63, 3.8) is 0 Å². The molecule has 0 saturated carbocycles. The average Bonchev–Trinajstić information content (AvgIpc) is 2.80. The van der Waals surface area contributed by atoms with Gasteiger partial charge in [-0.15, -0.1) is 0 Å². The molecule has 0 aliphatic carbocycles. The quantitative estimate of drug-likeness (QED) is 0.871. The molecule has 18 heavy (non-hydrogen) atoms. The molecule has 0 saturated heterocycles. The van der Waals surface area contributed by atoms with E-state index in [9.17, 15) is 0 Å². The Hall–Kier alpha value is -1.32. The lowest BCUT2D eigenvalue weighted by atomic mass is 10.1. The van der Waals surface area contributed by atoms with Crippen molar-refractivity contribution >= 4 is 11.6 Å². The first-order chi connectivity index (χ1) is 8.78. The zero-order valence-corrected chi connectivity index (χ0v) is 11.0. The maximum atomic E-state index is 8.83. The van der Waals surface area contributed by atoms with Crippen LogP contribution in [0.15, 0.2) is 36.7 Å². The van der Waals surface area contributed by atoms with Gasteiger partial charge in [0, 0.05) is 24.4 Å². The van der Waals surface area contributed by atoms with Crippen molar-refractivity contribution in [2.45, 2.75) is 25.8 Å². The van der Waals surface area contributed by atoms with Crippen molar-refractivity contribution < 1.29 is 5.11 Å². The monoisotopic (exact) mass is 264 g/mol. The lowest BCUT2D eigenvalue weighted by Crippen LogP contribution is -2.00. The number of hydrogen-bond donors (Lipinski definition) is 1. The summed E-state index contributed by atoms with van der Waals surface area (Å²) in [5.74, 6) is 0. The normalized spacial score (nSPS) is 10.8. The van der Waals surface area contributed by atoms with E-state index in [0.717, 1.165) is 30.0 Å². The number of aromatic nitrogens is 2. The standard InChI is InChI=1S/C14H17ClN2O/c15-14-5-3-12(4-6-14)2-1-8-17-11-13(7-9-18)10-16-17/h3-6,10-11,18H,1-2,7-9H2. The molecule has 1 N–H and O–H groups in total. The highest BCUT2D eigenvalue weighted by Gasteiger charge is 1.99. The molecule has 96 valence electrons. The number of aryl methyl sites for hydroxylation is 2. The van der Waals surface area contributed by atoms with Crippen molar-refractivity contribution in [1.82, 2.24) is 9.78 Å². The van der Waals surface area contributed by atoms with Gasteiger partial charge in [-0.2, -0.15) is 5.10 Å². The third kappa shape index (κ3) is 3.86. The van der Waals surface area contributed by atoms with Crippen molar-refractivity contribution in [2.75, 3.05) is 6.61 Å². The van der Waals surface area contributed by atoms with Gasteiger partial charge >= 0.3 is 0 Å². The van der Waals surface area contributed by atoms with E-state index in [0.29, 0.717) is 6.42 Å². The Morgan fingerprint density at radius 1 is 1.11 bits per heavy atom. The van der Waals surface area contributed by atoms with E-state index >= 15 is 0 Å². The van der Waals surface area contributed by atoms with Crippen LogP contribution in [0.1, 0.15) is 17.5 Å². The third-order valence-corrected chi connectivity index (χ3v) is 3.11. The highest BCUT2D eigenvalue weighted by Crippen LogP contribution is 2.11. The maximum Gasteiger partial charge on any atom is 0.0522 e. The average molecular weight is 265 g/mol. The van der Waals surface area contributed by atoms with Gasteiger partial charge in [-0.3, -0.25) is 4.68 Å². The molecule has 0 unspecified atom stereocenters. The maximum absolute atomic E-state index is 8.83. The molecule has 0 aliphatic rings. The van der Waals surface area contributed by atoms with Crippen LogP contribution < -0.4 is 0 Å². The molecule has 1 heterocycles. The molecule has 0 fully saturated rings. The van der Waals surface area contributed by atoms with Gasteiger partial charge in [-0.25, -0.2) is 0 Å². The number of halogens is 1. The third-order valence-electron chi connectivity index (χ3n) is 2.85. The SMILES string of the molecule is OCCc1cnn(CCCc2ccc(Cl)cc2)c1. The second-order valence-electron chi connectivity index (χ2n) is 4.32. The molecule has 2 rings (SSSR count). The summed E-state index contributed by atoms with van der Waals surface area (Å²) in [6.45, 7) is 1.07. The first-order valence-electron chi connectivity index (χ1n) is 6.14. The van der Waals surface area contributed by atoms with Crippen LogP contribution in [-0.4, -0.2) is 21.5 Å². The van der Waals surface area contributed by atoms with Crippen molar-refractivity contribution in [3.8, 4) is 0 Å². The predicted molar refractivity (Wildman–Crippen MR) is 72.8 cm³/mol. The number of aliphatic hydroxyl groups excluding tert-OH is 1. The number of benzene rings is 1. The zero-order valence-electron chi connectivity index (χ0n) is 10.2. The first-order valence-corrected chi connectivity index (χ1v) is 6.52. The van der Waals surface area contributed by atoms with E-state index in [1.807, 2.05) is 29.2 Å². The Bertz CT molecular complexity index is 479. The largest absolute Gasteiger partial charge is 0.396 e. The number of rotatable bonds is 6. The molecular formula is C14H17ClN2O. The van der Waals surface area contributed by atoms with Crippen molar-refractivity contribution in [3.05, 3.63) is 52.8 Å². The fourth-order valence-corrected chi connectivity index (χ4v) is 2.01. The van der Waals surface area contributed by atoms with Crippen LogP contribution >= 0.6 is 11.6 Å². The summed E-state index contributed by atoms with van der Waals surface area (Å²) in [5.41, 5.74) is 2.38. The van der Waals surface area contributed by atoms with Crippen LogP contribution in [0.2, 0.25) is 5.02 Å². The fraction of sp³-hybridized carbons (Fsp3) is 0.357. The summed E-state index contributed by atoms with van der Waals surface area (Å²) in [6, 6.07) is 7.96. The highest BCUT2D eigenvalue weighted by atomic mass is 35.5. The fourth-order valence-electron chi connectivity index (χ4n) is 1.88. The molecule has 1 aromatic heterocycles. The van der Waals surface area contributed by atoms with Crippen LogP contribution in [0, 0.1) is 0 Å². The van der Waals surface area contributed by atoms with E-state index < -0.39 is 0 Å². The summed E-state index contributed by atoms with van der Waals surface area (Å²) < 4.78 is 1.93. The summed E-state index contributed by atoms with van der Waals surface area (Å²) in [4.78, 5) is 0. The molecule has 0 radical (unpaired) electrons. The Balaban J connectivity index is 1.79. The Labute approximate surface area is 112 Å². The summed E-state index contributed by atoms with van der Waals surface area (Å²) in [5, 5.41) is 13.9. The minimum Gasteiger partial charge on any atom is -0.396 e. The summed E-state index contributed by atoms with van der Waals surface area (Å²) in [6.07, 6.45) is 6.56. The van der Waals surface area contributed by atoms with Gasteiger partial charge < -0.3 is 5.11 Å². The second kappa shape index (κ2) is 6.57. The first kappa shape index (κ1) is 13.1. The van der Waals surface area contributed by atoms with Crippen LogP contribution in [0.4, 0.5) is 0 Å². The number of hydrogen-bond acceptors (Lipinski definition) is 2. The van der Waals surface area contributed by atoms with Gasteiger partial charge in [0.25, 0.3) is 0 Å². The Morgan fingerprint density at radius 2 is 1.89 bits per heavy atom. The lowest BCUT2D eigenvalue weighted by molar-refractivity contribution is 0.299. The molecular weight excluding hydrogens is 248 g/mol. The summed E-state index contributed by atoms with van der Waals surface area (Å²) in [7, 11) is 0. The summed E-state index contributed by atoms with van der Waals surface area (Å²) >= 11 is 5.84. The molecule has 0 bridgehead atoms. The molecule has 4 heteroatoms. The van der Waals surface area contributed by atoms with E-state index in [-0.39, 0.29) is 6.61 Å². The van der Waals surface area contributed by atoms with Gasteiger partial charge in [0.05, 0.1) is 6.20 Å².